The zero-order valence-corrected chi connectivity index (χ0v) is 8.27. The van der Waals surface area contributed by atoms with Crippen LogP contribution in [0.15, 0.2) is 36.7 Å². The van der Waals surface area contributed by atoms with Gasteiger partial charge in [0, 0.05) is 18.8 Å². The zero-order chi connectivity index (χ0) is 9.97. The fourth-order valence-electron chi connectivity index (χ4n) is 1.35. The van der Waals surface area contributed by atoms with Crippen molar-refractivity contribution in [1.29, 1.82) is 0 Å². The summed E-state index contributed by atoms with van der Waals surface area (Å²) in [5, 5.41) is 4.12. The lowest BCUT2D eigenvalue weighted by Gasteiger charge is -2.00. The van der Waals surface area contributed by atoms with E-state index in [2.05, 4.69) is 5.10 Å². The number of ether oxygens (including phenoxy) is 1. The Hall–Kier alpha value is -1.77. The highest BCUT2D eigenvalue weighted by molar-refractivity contribution is 5.62. The van der Waals surface area contributed by atoms with E-state index in [9.17, 15) is 0 Å². The van der Waals surface area contributed by atoms with E-state index < -0.39 is 0 Å². The van der Waals surface area contributed by atoms with Crippen molar-refractivity contribution in [3.8, 4) is 16.9 Å². The van der Waals surface area contributed by atoms with Gasteiger partial charge in [-0.25, -0.2) is 0 Å². The summed E-state index contributed by atoms with van der Waals surface area (Å²) in [5.41, 5.74) is 2.27. The van der Waals surface area contributed by atoms with E-state index in [0.717, 1.165) is 16.9 Å². The Labute approximate surface area is 82.9 Å². The predicted octanol–water partition coefficient (Wildman–Crippen LogP) is 2.10. The molecule has 0 aliphatic rings. The van der Waals surface area contributed by atoms with Crippen molar-refractivity contribution in [3.05, 3.63) is 36.7 Å². The molecular formula is C11H12N2O. The van der Waals surface area contributed by atoms with Gasteiger partial charge < -0.3 is 4.74 Å². The van der Waals surface area contributed by atoms with Crippen LogP contribution in [0.5, 0.6) is 5.75 Å². The van der Waals surface area contributed by atoms with Gasteiger partial charge in [-0.1, -0.05) is 12.1 Å². The first kappa shape index (κ1) is 8.81. The molecule has 0 amide bonds. The summed E-state index contributed by atoms with van der Waals surface area (Å²) < 4.78 is 6.88. The maximum Gasteiger partial charge on any atom is 0.118 e. The topological polar surface area (TPSA) is 27.1 Å². The third-order valence-corrected chi connectivity index (χ3v) is 2.13. The van der Waals surface area contributed by atoms with Gasteiger partial charge in [-0.2, -0.15) is 5.10 Å². The van der Waals surface area contributed by atoms with Crippen LogP contribution in [0.25, 0.3) is 11.1 Å². The first-order valence-corrected chi connectivity index (χ1v) is 4.42. The van der Waals surface area contributed by atoms with Crippen molar-refractivity contribution in [2.45, 2.75) is 0 Å². The number of hydrogen-bond donors (Lipinski definition) is 0. The first-order valence-electron chi connectivity index (χ1n) is 4.42. The molecule has 14 heavy (non-hydrogen) atoms. The lowest BCUT2D eigenvalue weighted by atomic mass is 10.1. The molecule has 0 radical (unpaired) electrons. The SMILES string of the molecule is COc1ccc(-c2cnn(C)c2)cc1. The molecule has 0 atom stereocenters. The van der Waals surface area contributed by atoms with Crippen molar-refractivity contribution in [3.63, 3.8) is 0 Å². The maximum atomic E-state index is 5.09. The normalized spacial score (nSPS) is 10.1. The van der Waals surface area contributed by atoms with Gasteiger partial charge in [0.25, 0.3) is 0 Å². The fraction of sp³-hybridized carbons (Fsp3) is 0.182. The molecular weight excluding hydrogens is 176 g/mol. The average Bonchev–Trinajstić information content (AvgIpc) is 2.65. The Morgan fingerprint density at radius 3 is 2.36 bits per heavy atom. The number of rotatable bonds is 2. The molecule has 0 bridgehead atoms. The van der Waals surface area contributed by atoms with Crippen LogP contribution in [0.1, 0.15) is 0 Å². The molecule has 0 N–H and O–H groups in total. The highest BCUT2D eigenvalue weighted by atomic mass is 16.5. The number of aromatic nitrogens is 2. The molecule has 3 heteroatoms. The van der Waals surface area contributed by atoms with Crippen LogP contribution in [0.4, 0.5) is 0 Å². The van der Waals surface area contributed by atoms with E-state index in [1.165, 1.54) is 0 Å². The standard InChI is InChI=1S/C11H12N2O/c1-13-8-10(7-12-13)9-3-5-11(14-2)6-4-9/h3-8H,1-2H3. The largest absolute Gasteiger partial charge is 0.497 e. The molecule has 0 aliphatic carbocycles. The molecule has 0 spiro atoms. The summed E-state index contributed by atoms with van der Waals surface area (Å²) in [7, 11) is 3.58. The predicted molar refractivity (Wildman–Crippen MR) is 55.2 cm³/mol. The summed E-state index contributed by atoms with van der Waals surface area (Å²) in [5.74, 6) is 0.873. The summed E-state index contributed by atoms with van der Waals surface area (Å²) in [4.78, 5) is 0. The van der Waals surface area contributed by atoms with Crippen LogP contribution < -0.4 is 4.74 Å². The smallest absolute Gasteiger partial charge is 0.118 e. The Morgan fingerprint density at radius 2 is 1.86 bits per heavy atom. The number of nitrogens with zero attached hydrogens (tertiary/aromatic N) is 2. The molecule has 1 aromatic carbocycles. The third-order valence-electron chi connectivity index (χ3n) is 2.13. The Kier molecular flexibility index (Phi) is 2.23. The molecule has 2 rings (SSSR count). The molecule has 2 aromatic rings. The number of methoxy groups -OCH3 is 1. The third kappa shape index (κ3) is 1.62. The second kappa shape index (κ2) is 3.54. The van der Waals surface area contributed by atoms with Gasteiger partial charge in [0.15, 0.2) is 0 Å². The van der Waals surface area contributed by atoms with E-state index in [0.29, 0.717) is 0 Å². The Bertz CT molecular complexity index is 417. The summed E-state index contributed by atoms with van der Waals surface area (Å²) >= 11 is 0. The second-order valence-corrected chi connectivity index (χ2v) is 3.13. The van der Waals surface area contributed by atoms with E-state index in [1.54, 1.807) is 11.8 Å². The first-order chi connectivity index (χ1) is 6.79. The number of aryl methyl sites for hydroxylation is 1. The van der Waals surface area contributed by atoms with Crippen molar-refractivity contribution >= 4 is 0 Å². The minimum absolute atomic E-state index is 0.873. The lowest BCUT2D eigenvalue weighted by molar-refractivity contribution is 0.415. The summed E-state index contributed by atoms with van der Waals surface area (Å²) in [6.45, 7) is 0. The average molecular weight is 188 g/mol. The van der Waals surface area contributed by atoms with E-state index >= 15 is 0 Å². The number of benzene rings is 1. The molecule has 1 aromatic heterocycles. The van der Waals surface area contributed by atoms with Gasteiger partial charge in [0.1, 0.15) is 5.75 Å². The molecule has 0 aliphatic heterocycles. The van der Waals surface area contributed by atoms with Gasteiger partial charge >= 0.3 is 0 Å². The Balaban J connectivity index is 2.33. The van der Waals surface area contributed by atoms with Gasteiger partial charge in [0.05, 0.1) is 13.3 Å². The molecule has 1 heterocycles. The van der Waals surface area contributed by atoms with Gasteiger partial charge in [0.2, 0.25) is 0 Å². The van der Waals surface area contributed by atoms with Crippen LogP contribution in [-0.4, -0.2) is 16.9 Å². The second-order valence-electron chi connectivity index (χ2n) is 3.13. The van der Waals surface area contributed by atoms with E-state index in [1.807, 2.05) is 43.7 Å². The molecule has 0 saturated heterocycles. The van der Waals surface area contributed by atoms with Crippen LogP contribution in [0.2, 0.25) is 0 Å². The molecule has 0 saturated carbocycles. The lowest BCUT2D eigenvalue weighted by Crippen LogP contribution is -1.84. The molecule has 0 fully saturated rings. The van der Waals surface area contributed by atoms with Crippen molar-refractivity contribution in [2.24, 2.45) is 7.05 Å². The monoisotopic (exact) mass is 188 g/mol. The van der Waals surface area contributed by atoms with E-state index in [-0.39, 0.29) is 0 Å². The van der Waals surface area contributed by atoms with Gasteiger partial charge in [-0.15, -0.1) is 0 Å². The van der Waals surface area contributed by atoms with Gasteiger partial charge in [-0.05, 0) is 17.7 Å². The minimum atomic E-state index is 0.873. The van der Waals surface area contributed by atoms with Gasteiger partial charge in [-0.3, -0.25) is 4.68 Å². The summed E-state index contributed by atoms with van der Waals surface area (Å²) in [6.07, 6.45) is 3.84. The van der Waals surface area contributed by atoms with Crippen molar-refractivity contribution in [1.82, 2.24) is 9.78 Å². The molecule has 3 nitrogen and oxygen atoms in total. The fourth-order valence-corrected chi connectivity index (χ4v) is 1.35. The van der Waals surface area contributed by atoms with Crippen LogP contribution in [0.3, 0.4) is 0 Å². The minimum Gasteiger partial charge on any atom is -0.497 e. The maximum absolute atomic E-state index is 5.09. The Morgan fingerprint density at radius 1 is 1.14 bits per heavy atom. The molecule has 0 unspecified atom stereocenters. The van der Waals surface area contributed by atoms with E-state index in [4.69, 9.17) is 4.74 Å². The van der Waals surface area contributed by atoms with Crippen molar-refractivity contribution in [2.75, 3.05) is 7.11 Å². The van der Waals surface area contributed by atoms with Crippen LogP contribution in [0, 0.1) is 0 Å². The highest BCUT2D eigenvalue weighted by Crippen LogP contribution is 2.21. The van der Waals surface area contributed by atoms with Crippen molar-refractivity contribution < 1.29 is 4.74 Å². The quantitative estimate of drug-likeness (QED) is 0.721. The molecule has 72 valence electrons. The van der Waals surface area contributed by atoms with Crippen LogP contribution >= 0.6 is 0 Å². The van der Waals surface area contributed by atoms with Crippen LogP contribution in [-0.2, 0) is 7.05 Å². The summed E-state index contributed by atoms with van der Waals surface area (Å²) in [6, 6.07) is 7.94. The highest BCUT2D eigenvalue weighted by Gasteiger charge is 1.99. The zero-order valence-electron chi connectivity index (χ0n) is 8.27. The number of hydrogen-bond acceptors (Lipinski definition) is 2.